The van der Waals surface area contributed by atoms with Crippen molar-refractivity contribution >= 4 is 0 Å². The van der Waals surface area contributed by atoms with Crippen molar-refractivity contribution in [3.8, 4) is 0 Å². The Balaban J connectivity index is 4.29. The average Bonchev–Trinajstić information content (AvgIpc) is 2.44. The lowest BCUT2D eigenvalue weighted by Gasteiger charge is -2.29. The summed E-state index contributed by atoms with van der Waals surface area (Å²) in [7, 11) is 0. The molecular weight excluding hydrogens is 270 g/mol. The van der Waals surface area contributed by atoms with E-state index in [1.807, 2.05) is 6.08 Å². The fraction of sp³-hybridized carbons (Fsp3) is 0.684. The third kappa shape index (κ3) is 10.8. The Labute approximate surface area is 139 Å². The van der Waals surface area contributed by atoms with Gasteiger partial charge in [0.25, 0.3) is 0 Å². The SMILES string of the molecule is C=CCN(CC)CCN(CC)CCN(CC(=C)C)CC(=C)C. The summed E-state index contributed by atoms with van der Waals surface area (Å²) in [6.07, 6.45) is 1.99. The van der Waals surface area contributed by atoms with Gasteiger partial charge in [-0.3, -0.25) is 9.80 Å². The lowest BCUT2D eigenvalue weighted by atomic mass is 10.2. The minimum absolute atomic E-state index is 0.960. The van der Waals surface area contributed by atoms with Gasteiger partial charge < -0.3 is 4.90 Å². The monoisotopic (exact) mass is 307 g/mol. The minimum Gasteiger partial charge on any atom is -0.301 e. The maximum atomic E-state index is 4.04. The van der Waals surface area contributed by atoms with E-state index in [0.717, 1.165) is 58.9 Å². The van der Waals surface area contributed by atoms with E-state index in [2.05, 4.69) is 62.1 Å². The fourth-order valence-electron chi connectivity index (χ4n) is 2.53. The van der Waals surface area contributed by atoms with Crippen LogP contribution in [0.3, 0.4) is 0 Å². The van der Waals surface area contributed by atoms with E-state index in [-0.39, 0.29) is 0 Å². The molecule has 0 aliphatic heterocycles. The van der Waals surface area contributed by atoms with E-state index in [9.17, 15) is 0 Å². The maximum absolute atomic E-state index is 4.04. The van der Waals surface area contributed by atoms with Gasteiger partial charge in [0.15, 0.2) is 0 Å². The molecule has 0 amide bonds. The highest BCUT2D eigenvalue weighted by molar-refractivity contribution is 4.98. The summed E-state index contributed by atoms with van der Waals surface area (Å²) in [6, 6.07) is 0. The Hall–Kier alpha value is -0.900. The third-order valence-corrected chi connectivity index (χ3v) is 3.73. The second kappa shape index (κ2) is 12.6. The zero-order chi connectivity index (χ0) is 17.0. The number of likely N-dealkylation sites (N-methyl/N-ethyl adjacent to an activating group) is 2. The lowest BCUT2D eigenvalue weighted by molar-refractivity contribution is 0.198. The lowest BCUT2D eigenvalue weighted by Crippen LogP contribution is -2.40. The van der Waals surface area contributed by atoms with Gasteiger partial charge >= 0.3 is 0 Å². The second-order valence-electron chi connectivity index (χ2n) is 6.24. The van der Waals surface area contributed by atoms with Crippen LogP contribution in [-0.2, 0) is 0 Å². The van der Waals surface area contributed by atoms with Crippen LogP contribution in [0.5, 0.6) is 0 Å². The van der Waals surface area contributed by atoms with Gasteiger partial charge in [0, 0.05) is 45.8 Å². The molecule has 0 radical (unpaired) electrons. The van der Waals surface area contributed by atoms with E-state index in [1.54, 1.807) is 0 Å². The van der Waals surface area contributed by atoms with Crippen molar-refractivity contribution in [3.63, 3.8) is 0 Å². The predicted octanol–water partition coefficient (Wildman–Crippen LogP) is 3.27. The first kappa shape index (κ1) is 21.1. The normalized spacial score (nSPS) is 11.4. The summed E-state index contributed by atoms with van der Waals surface area (Å²) >= 11 is 0. The Bertz CT molecular complexity index is 320. The molecule has 0 fully saturated rings. The van der Waals surface area contributed by atoms with E-state index in [0.29, 0.717) is 0 Å². The number of hydrogen-bond donors (Lipinski definition) is 0. The molecule has 3 heteroatoms. The quantitative estimate of drug-likeness (QED) is 0.456. The Morgan fingerprint density at radius 2 is 1.18 bits per heavy atom. The van der Waals surface area contributed by atoms with Gasteiger partial charge in [-0.2, -0.15) is 0 Å². The molecule has 0 rings (SSSR count). The highest BCUT2D eigenvalue weighted by atomic mass is 15.2. The van der Waals surface area contributed by atoms with Crippen LogP contribution in [0.2, 0.25) is 0 Å². The fourth-order valence-corrected chi connectivity index (χ4v) is 2.53. The molecule has 0 heterocycles. The van der Waals surface area contributed by atoms with Gasteiger partial charge in [0.2, 0.25) is 0 Å². The van der Waals surface area contributed by atoms with Gasteiger partial charge in [-0.05, 0) is 26.9 Å². The molecule has 0 spiro atoms. The van der Waals surface area contributed by atoms with E-state index < -0.39 is 0 Å². The van der Waals surface area contributed by atoms with Crippen LogP contribution >= 0.6 is 0 Å². The first-order valence-corrected chi connectivity index (χ1v) is 8.49. The zero-order valence-electron chi connectivity index (χ0n) is 15.4. The molecule has 0 N–H and O–H groups in total. The highest BCUT2D eigenvalue weighted by Crippen LogP contribution is 2.02. The Morgan fingerprint density at radius 1 is 0.773 bits per heavy atom. The predicted molar refractivity (Wildman–Crippen MR) is 100 cm³/mol. The van der Waals surface area contributed by atoms with Crippen LogP contribution in [0.15, 0.2) is 37.0 Å². The molecular formula is C19H37N3. The van der Waals surface area contributed by atoms with Gasteiger partial charge in [0.05, 0.1) is 0 Å². The minimum atomic E-state index is 0.960. The number of hydrogen-bond acceptors (Lipinski definition) is 3. The summed E-state index contributed by atoms with van der Waals surface area (Å²) in [5.74, 6) is 0. The molecule has 0 saturated carbocycles. The molecule has 0 atom stereocenters. The number of rotatable bonds is 14. The Morgan fingerprint density at radius 3 is 1.55 bits per heavy atom. The van der Waals surface area contributed by atoms with Crippen LogP contribution in [0, 0.1) is 0 Å². The van der Waals surface area contributed by atoms with Crippen molar-refractivity contribution in [1.29, 1.82) is 0 Å². The molecule has 128 valence electrons. The summed E-state index contributed by atoms with van der Waals surface area (Å²) < 4.78 is 0. The van der Waals surface area contributed by atoms with Crippen LogP contribution in [-0.4, -0.2) is 73.6 Å². The van der Waals surface area contributed by atoms with Gasteiger partial charge in [0.1, 0.15) is 0 Å². The van der Waals surface area contributed by atoms with Crippen LogP contribution in [0.25, 0.3) is 0 Å². The second-order valence-corrected chi connectivity index (χ2v) is 6.24. The smallest absolute Gasteiger partial charge is 0.0191 e. The molecule has 0 aromatic carbocycles. The molecule has 3 nitrogen and oxygen atoms in total. The summed E-state index contributed by atoms with van der Waals surface area (Å²) in [6.45, 7) is 30.0. The van der Waals surface area contributed by atoms with Crippen LogP contribution in [0.1, 0.15) is 27.7 Å². The largest absolute Gasteiger partial charge is 0.301 e. The Kier molecular flexibility index (Phi) is 12.1. The molecule has 0 bridgehead atoms. The molecule has 0 aromatic heterocycles. The van der Waals surface area contributed by atoms with Crippen molar-refractivity contribution in [2.75, 3.05) is 58.9 Å². The van der Waals surface area contributed by atoms with E-state index in [4.69, 9.17) is 0 Å². The van der Waals surface area contributed by atoms with Crippen molar-refractivity contribution < 1.29 is 0 Å². The molecule has 0 unspecified atom stereocenters. The number of nitrogens with zero attached hydrogens (tertiary/aromatic N) is 3. The standard InChI is InChI=1S/C19H37N3/c1-8-11-20(9-2)12-13-21(10-3)14-15-22(16-18(4)5)17-19(6)7/h8H,1,4,6,9-17H2,2-3,5,7H3. The molecule has 0 aromatic rings. The summed E-state index contributed by atoms with van der Waals surface area (Å²) in [5.41, 5.74) is 2.43. The van der Waals surface area contributed by atoms with Crippen molar-refractivity contribution in [1.82, 2.24) is 14.7 Å². The van der Waals surface area contributed by atoms with Crippen molar-refractivity contribution in [3.05, 3.63) is 37.0 Å². The third-order valence-electron chi connectivity index (χ3n) is 3.73. The van der Waals surface area contributed by atoms with Crippen LogP contribution < -0.4 is 0 Å². The molecule has 0 aliphatic carbocycles. The first-order chi connectivity index (χ1) is 10.4. The molecule has 0 saturated heterocycles. The van der Waals surface area contributed by atoms with Gasteiger partial charge in [-0.1, -0.05) is 44.2 Å². The van der Waals surface area contributed by atoms with E-state index in [1.165, 1.54) is 11.1 Å². The molecule has 22 heavy (non-hydrogen) atoms. The van der Waals surface area contributed by atoms with Crippen molar-refractivity contribution in [2.24, 2.45) is 0 Å². The van der Waals surface area contributed by atoms with Gasteiger partial charge in [-0.25, -0.2) is 0 Å². The van der Waals surface area contributed by atoms with Crippen LogP contribution in [0.4, 0.5) is 0 Å². The van der Waals surface area contributed by atoms with Crippen molar-refractivity contribution in [2.45, 2.75) is 27.7 Å². The average molecular weight is 308 g/mol. The van der Waals surface area contributed by atoms with Gasteiger partial charge in [-0.15, -0.1) is 6.58 Å². The molecule has 0 aliphatic rings. The zero-order valence-corrected chi connectivity index (χ0v) is 15.4. The topological polar surface area (TPSA) is 9.72 Å². The first-order valence-electron chi connectivity index (χ1n) is 8.49. The maximum Gasteiger partial charge on any atom is 0.0191 e. The summed E-state index contributed by atoms with van der Waals surface area (Å²) in [4.78, 5) is 7.39. The summed E-state index contributed by atoms with van der Waals surface area (Å²) in [5, 5.41) is 0. The highest BCUT2D eigenvalue weighted by Gasteiger charge is 2.10. The van der Waals surface area contributed by atoms with E-state index >= 15 is 0 Å².